The summed E-state index contributed by atoms with van der Waals surface area (Å²) >= 11 is 1.17. The van der Waals surface area contributed by atoms with Crippen LogP contribution in [-0.2, 0) is 13.0 Å². The molecule has 0 aliphatic carbocycles. The standard InChI is InChI=1S/C20H21N5OS/c1-25-11-5-8-16-12-14(9-10-17(16)25)13-21-19(26)23-20-22-18(24-27-20)15-6-3-2-4-7-15/h2-4,6-7,9-10,12H,5,8,11,13H2,1H3,(H2,21,22,23,24,26). The summed E-state index contributed by atoms with van der Waals surface area (Å²) in [5, 5.41) is 6.13. The van der Waals surface area contributed by atoms with Gasteiger partial charge in [-0.1, -0.05) is 42.5 Å². The van der Waals surface area contributed by atoms with Crippen molar-refractivity contribution < 1.29 is 4.79 Å². The van der Waals surface area contributed by atoms with Gasteiger partial charge >= 0.3 is 6.03 Å². The Balaban J connectivity index is 1.34. The fourth-order valence-electron chi connectivity index (χ4n) is 3.25. The summed E-state index contributed by atoms with van der Waals surface area (Å²) in [7, 11) is 2.12. The number of carbonyl (C=O) groups excluding carboxylic acids is 1. The van der Waals surface area contributed by atoms with Gasteiger partial charge in [0.05, 0.1) is 0 Å². The number of nitrogens with one attached hydrogen (secondary N) is 2. The predicted molar refractivity (Wildman–Crippen MR) is 109 cm³/mol. The fourth-order valence-corrected chi connectivity index (χ4v) is 3.84. The predicted octanol–water partition coefficient (Wildman–Crippen LogP) is 3.91. The van der Waals surface area contributed by atoms with Crippen LogP contribution in [0.4, 0.5) is 15.6 Å². The maximum atomic E-state index is 12.2. The molecule has 6 nitrogen and oxygen atoms in total. The number of hydrogen-bond acceptors (Lipinski definition) is 5. The molecule has 0 radical (unpaired) electrons. The second-order valence-electron chi connectivity index (χ2n) is 6.59. The highest BCUT2D eigenvalue weighted by molar-refractivity contribution is 7.10. The average molecular weight is 379 g/mol. The largest absolute Gasteiger partial charge is 0.374 e. The Morgan fingerprint density at radius 3 is 2.93 bits per heavy atom. The molecule has 0 saturated heterocycles. The van der Waals surface area contributed by atoms with Crippen LogP contribution in [0.25, 0.3) is 11.4 Å². The average Bonchev–Trinajstić information content (AvgIpc) is 3.16. The van der Waals surface area contributed by atoms with Gasteiger partial charge in [0, 0.05) is 42.9 Å². The van der Waals surface area contributed by atoms with Crippen molar-refractivity contribution in [3.05, 3.63) is 59.7 Å². The zero-order valence-electron chi connectivity index (χ0n) is 15.1. The summed E-state index contributed by atoms with van der Waals surface area (Å²) in [6, 6.07) is 15.8. The van der Waals surface area contributed by atoms with Crippen molar-refractivity contribution in [1.29, 1.82) is 0 Å². The van der Waals surface area contributed by atoms with Crippen molar-refractivity contribution in [2.45, 2.75) is 19.4 Å². The van der Waals surface area contributed by atoms with Crippen LogP contribution in [0, 0.1) is 0 Å². The number of carbonyl (C=O) groups is 1. The highest BCUT2D eigenvalue weighted by atomic mass is 32.1. The van der Waals surface area contributed by atoms with Crippen LogP contribution in [0.3, 0.4) is 0 Å². The number of anilines is 2. The maximum absolute atomic E-state index is 12.2. The highest BCUT2D eigenvalue weighted by Crippen LogP contribution is 2.26. The molecule has 0 unspecified atom stereocenters. The van der Waals surface area contributed by atoms with Crippen LogP contribution in [0.1, 0.15) is 17.5 Å². The van der Waals surface area contributed by atoms with E-state index in [1.165, 1.54) is 29.2 Å². The van der Waals surface area contributed by atoms with E-state index in [1.54, 1.807) is 0 Å². The van der Waals surface area contributed by atoms with Crippen LogP contribution in [0.5, 0.6) is 0 Å². The molecule has 2 amide bonds. The molecule has 7 heteroatoms. The first-order chi connectivity index (χ1) is 13.2. The Morgan fingerprint density at radius 1 is 1.22 bits per heavy atom. The lowest BCUT2D eigenvalue weighted by Crippen LogP contribution is -2.28. The summed E-state index contributed by atoms with van der Waals surface area (Å²) in [5.74, 6) is 0.620. The van der Waals surface area contributed by atoms with E-state index in [1.807, 2.05) is 30.3 Å². The normalized spacial score (nSPS) is 13.1. The minimum atomic E-state index is -0.277. The van der Waals surface area contributed by atoms with Crippen molar-refractivity contribution >= 4 is 28.4 Å². The molecule has 27 heavy (non-hydrogen) atoms. The van der Waals surface area contributed by atoms with Crippen LogP contribution in [-0.4, -0.2) is 29.0 Å². The zero-order valence-corrected chi connectivity index (χ0v) is 15.9. The lowest BCUT2D eigenvalue weighted by molar-refractivity contribution is 0.251. The molecule has 0 bridgehead atoms. The molecule has 4 rings (SSSR count). The van der Waals surface area contributed by atoms with E-state index >= 15 is 0 Å². The van der Waals surface area contributed by atoms with Crippen LogP contribution < -0.4 is 15.5 Å². The summed E-state index contributed by atoms with van der Waals surface area (Å²) in [6.07, 6.45) is 2.26. The van der Waals surface area contributed by atoms with E-state index in [0.29, 0.717) is 17.5 Å². The van der Waals surface area contributed by atoms with Gasteiger partial charge in [0.15, 0.2) is 5.82 Å². The number of rotatable bonds is 4. The minimum absolute atomic E-state index is 0.277. The third kappa shape index (κ3) is 4.09. The maximum Gasteiger partial charge on any atom is 0.321 e. The van der Waals surface area contributed by atoms with Crippen molar-refractivity contribution in [3.8, 4) is 11.4 Å². The quantitative estimate of drug-likeness (QED) is 0.721. The summed E-state index contributed by atoms with van der Waals surface area (Å²) in [4.78, 5) is 18.8. The zero-order chi connectivity index (χ0) is 18.6. The molecular weight excluding hydrogens is 358 g/mol. The van der Waals surface area contributed by atoms with E-state index in [9.17, 15) is 4.79 Å². The van der Waals surface area contributed by atoms with Crippen LogP contribution >= 0.6 is 11.5 Å². The number of benzene rings is 2. The first kappa shape index (κ1) is 17.5. The van der Waals surface area contributed by atoms with Crippen molar-refractivity contribution in [2.75, 3.05) is 23.8 Å². The van der Waals surface area contributed by atoms with Gasteiger partial charge in [-0.25, -0.2) is 4.79 Å². The topological polar surface area (TPSA) is 70.2 Å². The van der Waals surface area contributed by atoms with E-state index in [-0.39, 0.29) is 6.03 Å². The Hall–Kier alpha value is -2.93. The molecule has 1 aliphatic rings. The van der Waals surface area contributed by atoms with E-state index in [2.05, 4.69) is 50.1 Å². The Bertz CT molecular complexity index is 941. The van der Waals surface area contributed by atoms with Gasteiger partial charge < -0.3 is 10.2 Å². The molecule has 3 aromatic rings. The molecule has 2 N–H and O–H groups in total. The summed E-state index contributed by atoms with van der Waals surface area (Å²) < 4.78 is 4.30. The number of urea groups is 1. The van der Waals surface area contributed by atoms with Gasteiger partial charge in [-0.3, -0.25) is 5.32 Å². The van der Waals surface area contributed by atoms with Crippen molar-refractivity contribution in [2.24, 2.45) is 0 Å². The smallest absolute Gasteiger partial charge is 0.321 e. The molecule has 0 fully saturated rings. The molecular formula is C20H21N5OS. The van der Waals surface area contributed by atoms with Crippen molar-refractivity contribution in [3.63, 3.8) is 0 Å². The molecule has 1 aromatic heterocycles. The SMILES string of the molecule is CN1CCCc2cc(CNC(=O)Nc3nc(-c4ccccc4)ns3)ccc21. The number of nitrogens with zero attached hydrogens (tertiary/aromatic N) is 3. The van der Waals surface area contributed by atoms with E-state index in [0.717, 1.165) is 24.1 Å². The number of hydrogen-bond donors (Lipinski definition) is 2. The van der Waals surface area contributed by atoms with Crippen LogP contribution in [0.2, 0.25) is 0 Å². The molecule has 2 heterocycles. The first-order valence-corrected chi connectivity index (χ1v) is 9.73. The highest BCUT2D eigenvalue weighted by Gasteiger charge is 2.14. The molecule has 1 aliphatic heterocycles. The monoisotopic (exact) mass is 379 g/mol. The number of aryl methyl sites for hydroxylation is 1. The second kappa shape index (κ2) is 7.75. The summed E-state index contributed by atoms with van der Waals surface area (Å²) in [5.41, 5.74) is 4.67. The van der Waals surface area contributed by atoms with Gasteiger partial charge in [-0.05, 0) is 30.0 Å². The molecule has 0 spiro atoms. The third-order valence-corrected chi connectivity index (χ3v) is 5.26. The lowest BCUT2D eigenvalue weighted by atomic mass is 9.99. The Kier molecular flexibility index (Phi) is 5.02. The van der Waals surface area contributed by atoms with Gasteiger partial charge in [-0.15, -0.1) is 0 Å². The second-order valence-corrected chi connectivity index (χ2v) is 7.34. The number of amides is 2. The van der Waals surface area contributed by atoms with Gasteiger partial charge in [0.25, 0.3) is 0 Å². The molecule has 0 saturated carbocycles. The van der Waals surface area contributed by atoms with E-state index in [4.69, 9.17) is 0 Å². The van der Waals surface area contributed by atoms with E-state index < -0.39 is 0 Å². The Morgan fingerprint density at radius 2 is 2.07 bits per heavy atom. The first-order valence-electron chi connectivity index (χ1n) is 8.96. The fraction of sp³-hybridized carbons (Fsp3) is 0.250. The lowest BCUT2D eigenvalue weighted by Gasteiger charge is -2.27. The molecule has 0 atom stereocenters. The van der Waals surface area contributed by atoms with Gasteiger partial charge in [0.2, 0.25) is 5.13 Å². The summed E-state index contributed by atoms with van der Waals surface area (Å²) in [6.45, 7) is 1.58. The van der Waals surface area contributed by atoms with Gasteiger partial charge in [-0.2, -0.15) is 9.36 Å². The minimum Gasteiger partial charge on any atom is -0.374 e. The molecule has 138 valence electrons. The number of aromatic nitrogens is 2. The molecule has 2 aromatic carbocycles. The van der Waals surface area contributed by atoms with Crippen LogP contribution in [0.15, 0.2) is 48.5 Å². The van der Waals surface area contributed by atoms with Gasteiger partial charge in [0.1, 0.15) is 0 Å². The Labute approximate surface area is 162 Å². The number of fused-ring (bicyclic) bond motifs is 1. The third-order valence-electron chi connectivity index (χ3n) is 4.63. The van der Waals surface area contributed by atoms with Crippen molar-refractivity contribution in [1.82, 2.24) is 14.7 Å².